The van der Waals surface area contributed by atoms with Crippen molar-refractivity contribution in [1.82, 2.24) is 15.5 Å². The van der Waals surface area contributed by atoms with E-state index in [4.69, 9.17) is 0 Å². The van der Waals surface area contributed by atoms with E-state index in [1.54, 1.807) is 0 Å². The van der Waals surface area contributed by atoms with Gasteiger partial charge in [-0.25, -0.2) is 0 Å². The first-order chi connectivity index (χ1) is 10.1. The van der Waals surface area contributed by atoms with Crippen LogP contribution in [0.25, 0.3) is 10.9 Å². The van der Waals surface area contributed by atoms with Gasteiger partial charge in [0, 0.05) is 5.39 Å². The fourth-order valence-electron chi connectivity index (χ4n) is 2.41. The van der Waals surface area contributed by atoms with Gasteiger partial charge in [0.1, 0.15) is 0 Å². The first-order valence-electron chi connectivity index (χ1n) is 6.89. The maximum atomic E-state index is 12.5. The van der Waals surface area contributed by atoms with Crippen LogP contribution in [0.4, 0.5) is 0 Å². The minimum Gasteiger partial charge on any atom is -0.342 e. The molecule has 4 nitrogen and oxygen atoms in total. The molecule has 0 aliphatic rings. The summed E-state index contributed by atoms with van der Waals surface area (Å²) in [5, 5.41) is 10.9. The van der Waals surface area contributed by atoms with Gasteiger partial charge in [-0.2, -0.15) is 5.10 Å². The molecule has 2 N–H and O–H groups in total. The molecule has 0 saturated heterocycles. The lowest BCUT2D eigenvalue weighted by Gasteiger charge is -2.26. The summed E-state index contributed by atoms with van der Waals surface area (Å²) in [4.78, 5) is 12.5. The summed E-state index contributed by atoms with van der Waals surface area (Å²) in [6.07, 6.45) is 0. The summed E-state index contributed by atoms with van der Waals surface area (Å²) >= 11 is 0. The highest BCUT2D eigenvalue weighted by molar-refractivity contribution is 6.04. The van der Waals surface area contributed by atoms with Crippen LogP contribution in [0.15, 0.2) is 54.6 Å². The molecule has 106 valence electrons. The van der Waals surface area contributed by atoms with Crippen LogP contribution in [0, 0.1) is 0 Å². The third-order valence-electron chi connectivity index (χ3n) is 3.61. The molecule has 21 heavy (non-hydrogen) atoms. The van der Waals surface area contributed by atoms with Gasteiger partial charge in [-0.1, -0.05) is 48.5 Å². The molecule has 0 saturated carbocycles. The first kappa shape index (κ1) is 13.4. The molecule has 0 fully saturated rings. The summed E-state index contributed by atoms with van der Waals surface area (Å²) in [6.45, 7) is 3.96. The lowest BCUT2D eigenvalue weighted by molar-refractivity contribution is 0.0908. The van der Waals surface area contributed by atoms with Gasteiger partial charge >= 0.3 is 0 Å². The molecule has 0 bridgehead atoms. The number of rotatable bonds is 3. The van der Waals surface area contributed by atoms with Crippen LogP contribution in [0.1, 0.15) is 29.9 Å². The molecule has 1 aromatic heterocycles. The van der Waals surface area contributed by atoms with Gasteiger partial charge in [-0.15, -0.1) is 0 Å². The van der Waals surface area contributed by atoms with Crippen LogP contribution in [0.5, 0.6) is 0 Å². The number of nitrogens with zero attached hydrogens (tertiary/aromatic N) is 1. The Morgan fingerprint density at radius 3 is 2.48 bits per heavy atom. The minimum atomic E-state index is -0.460. The average Bonchev–Trinajstić information content (AvgIpc) is 2.92. The second-order valence-electron chi connectivity index (χ2n) is 5.56. The number of fused-ring (bicyclic) bond motifs is 1. The molecule has 0 atom stereocenters. The number of hydrogen-bond donors (Lipinski definition) is 2. The lowest BCUT2D eigenvalue weighted by atomic mass is 9.94. The molecule has 3 aromatic rings. The van der Waals surface area contributed by atoms with Crippen LogP contribution < -0.4 is 5.32 Å². The van der Waals surface area contributed by atoms with Crippen LogP contribution in [0.3, 0.4) is 0 Å². The number of H-pyrrole nitrogens is 1. The predicted molar refractivity (Wildman–Crippen MR) is 83.0 cm³/mol. The Hall–Kier alpha value is -2.62. The van der Waals surface area contributed by atoms with E-state index in [-0.39, 0.29) is 5.91 Å². The number of aromatic amines is 1. The van der Waals surface area contributed by atoms with Crippen molar-refractivity contribution in [2.24, 2.45) is 0 Å². The van der Waals surface area contributed by atoms with Crippen molar-refractivity contribution in [2.45, 2.75) is 19.4 Å². The minimum absolute atomic E-state index is 0.179. The smallest absolute Gasteiger partial charge is 0.273 e. The molecule has 1 amide bonds. The molecular weight excluding hydrogens is 262 g/mol. The molecule has 2 aromatic carbocycles. The Kier molecular flexibility index (Phi) is 3.22. The van der Waals surface area contributed by atoms with Crippen molar-refractivity contribution in [3.8, 4) is 0 Å². The summed E-state index contributed by atoms with van der Waals surface area (Å²) in [5.74, 6) is -0.179. The maximum Gasteiger partial charge on any atom is 0.273 e. The second kappa shape index (κ2) is 5.05. The zero-order valence-electron chi connectivity index (χ0n) is 12.1. The maximum absolute atomic E-state index is 12.5. The third-order valence-corrected chi connectivity index (χ3v) is 3.61. The van der Waals surface area contributed by atoms with Gasteiger partial charge < -0.3 is 5.32 Å². The Bertz CT molecular complexity index is 775. The van der Waals surface area contributed by atoms with Crippen molar-refractivity contribution in [3.63, 3.8) is 0 Å². The standard InChI is InChI=1S/C17H17N3O/c1-17(2,12-8-4-3-5-9-12)18-16(21)15-13-10-6-7-11-14(13)19-20-15/h3-11H,1-2H3,(H,18,21)(H,19,20). The van der Waals surface area contributed by atoms with E-state index in [0.29, 0.717) is 5.69 Å². The fraction of sp³-hybridized carbons (Fsp3) is 0.176. The van der Waals surface area contributed by atoms with Gasteiger partial charge in [0.15, 0.2) is 5.69 Å². The van der Waals surface area contributed by atoms with Crippen molar-refractivity contribution in [2.75, 3.05) is 0 Å². The van der Waals surface area contributed by atoms with Gasteiger partial charge in [0.05, 0.1) is 11.1 Å². The molecule has 0 unspecified atom stereocenters. The number of hydrogen-bond acceptors (Lipinski definition) is 2. The molecule has 0 aliphatic heterocycles. The zero-order valence-corrected chi connectivity index (χ0v) is 12.1. The molecule has 0 spiro atoms. The Labute approximate surface area is 123 Å². The molecule has 3 rings (SSSR count). The molecule has 4 heteroatoms. The zero-order chi connectivity index (χ0) is 14.9. The van der Waals surface area contributed by atoms with E-state index >= 15 is 0 Å². The monoisotopic (exact) mass is 279 g/mol. The number of carbonyl (C=O) groups excluding carboxylic acids is 1. The topological polar surface area (TPSA) is 57.8 Å². The molecule has 1 heterocycles. The quantitative estimate of drug-likeness (QED) is 0.773. The van der Waals surface area contributed by atoms with Crippen LogP contribution in [0.2, 0.25) is 0 Å². The lowest BCUT2D eigenvalue weighted by Crippen LogP contribution is -2.41. The number of carbonyl (C=O) groups is 1. The first-order valence-corrected chi connectivity index (χ1v) is 6.89. The number of para-hydroxylation sites is 1. The van der Waals surface area contributed by atoms with Gasteiger partial charge in [0.25, 0.3) is 5.91 Å². The summed E-state index contributed by atoms with van der Waals surface area (Å²) in [5.41, 5.74) is 1.88. The van der Waals surface area contributed by atoms with Crippen molar-refractivity contribution in [3.05, 3.63) is 65.9 Å². The normalized spacial score (nSPS) is 11.5. The number of aromatic nitrogens is 2. The fourth-order valence-corrected chi connectivity index (χ4v) is 2.41. The van der Waals surface area contributed by atoms with E-state index in [1.807, 2.05) is 68.4 Å². The predicted octanol–water partition coefficient (Wildman–Crippen LogP) is 3.23. The van der Waals surface area contributed by atoms with Gasteiger partial charge in [-0.05, 0) is 25.5 Å². The SMILES string of the molecule is CC(C)(NC(=O)c1n[nH]c2ccccc12)c1ccccc1. The van der Waals surface area contributed by atoms with E-state index < -0.39 is 5.54 Å². The van der Waals surface area contributed by atoms with E-state index in [2.05, 4.69) is 15.5 Å². The molecule has 0 radical (unpaired) electrons. The van der Waals surface area contributed by atoms with Crippen LogP contribution in [-0.2, 0) is 5.54 Å². The number of benzene rings is 2. The largest absolute Gasteiger partial charge is 0.342 e. The molecule has 0 aliphatic carbocycles. The second-order valence-corrected chi connectivity index (χ2v) is 5.56. The highest BCUT2D eigenvalue weighted by Crippen LogP contribution is 2.21. The van der Waals surface area contributed by atoms with Crippen molar-refractivity contribution < 1.29 is 4.79 Å². The summed E-state index contributed by atoms with van der Waals surface area (Å²) in [7, 11) is 0. The third kappa shape index (κ3) is 2.52. The van der Waals surface area contributed by atoms with E-state index in [0.717, 1.165) is 16.5 Å². The van der Waals surface area contributed by atoms with Crippen LogP contribution in [-0.4, -0.2) is 16.1 Å². The van der Waals surface area contributed by atoms with Gasteiger partial charge in [-0.3, -0.25) is 9.89 Å². The average molecular weight is 279 g/mol. The molecular formula is C17H17N3O. The van der Waals surface area contributed by atoms with Crippen molar-refractivity contribution in [1.29, 1.82) is 0 Å². The van der Waals surface area contributed by atoms with Crippen molar-refractivity contribution >= 4 is 16.8 Å². The highest BCUT2D eigenvalue weighted by atomic mass is 16.2. The summed E-state index contributed by atoms with van der Waals surface area (Å²) < 4.78 is 0. The Morgan fingerprint density at radius 1 is 1.05 bits per heavy atom. The Morgan fingerprint density at radius 2 is 1.71 bits per heavy atom. The number of amides is 1. The summed E-state index contributed by atoms with van der Waals surface area (Å²) in [6, 6.07) is 17.5. The van der Waals surface area contributed by atoms with E-state index in [9.17, 15) is 4.79 Å². The van der Waals surface area contributed by atoms with E-state index in [1.165, 1.54) is 0 Å². The number of nitrogens with one attached hydrogen (secondary N) is 2. The van der Waals surface area contributed by atoms with Crippen LogP contribution >= 0.6 is 0 Å². The van der Waals surface area contributed by atoms with Gasteiger partial charge in [0.2, 0.25) is 0 Å². The Balaban J connectivity index is 1.90. The highest BCUT2D eigenvalue weighted by Gasteiger charge is 2.25.